The summed E-state index contributed by atoms with van der Waals surface area (Å²) < 4.78 is 5.09. The van der Waals surface area contributed by atoms with E-state index in [0.29, 0.717) is 0 Å². The van der Waals surface area contributed by atoms with E-state index in [1.807, 2.05) is 0 Å². The quantitative estimate of drug-likeness (QED) is 0.255. The van der Waals surface area contributed by atoms with Crippen LogP contribution in [0.3, 0.4) is 0 Å². The number of carbonyl (C=O) groups excluding carboxylic acids is 1. The Hall–Kier alpha value is -1.38. The van der Waals surface area contributed by atoms with Crippen molar-refractivity contribution in [2.75, 3.05) is 6.61 Å². The molecule has 86 valence electrons. The van der Waals surface area contributed by atoms with Crippen molar-refractivity contribution in [3.05, 3.63) is 0 Å². The zero-order valence-corrected chi connectivity index (χ0v) is 7.96. The van der Waals surface area contributed by atoms with E-state index < -0.39 is 24.5 Å². The largest absolute Gasteiger partial charge is 0.394 e. The van der Waals surface area contributed by atoms with Crippen molar-refractivity contribution in [2.45, 2.75) is 24.9 Å². The van der Waals surface area contributed by atoms with Gasteiger partial charge in [0.2, 0.25) is 0 Å². The SMILES string of the molecule is NC(N)=NC(=O)NC1CC(O)C(CO)O1. The van der Waals surface area contributed by atoms with Crippen molar-refractivity contribution >= 4 is 12.0 Å². The van der Waals surface area contributed by atoms with Crippen LogP contribution in [0.1, 0.15) is 6.42 Å². The van der Waals surface area contributed by atoms with Crippen LogP contribution < -0.4 is 16.8 Å². The Morgan fingerprint density at radius 1 is 1.60 bits per heavy atom. The minimum Gasteiger partial charge on any atom is -0.394 e. The topological polar surface area (TPSA) is 143 Å². The number of rotatable bonds is 2. The highest BCUT2D eigenvalue weighted by Crippen LogP contribution is 2.18. The third-order valence-electron chi connectivity index (χ3n) is 1.92. The van der Waals surface area contributed by atoms with E-state index in [1.165, 1.54) is 0 Å². The first-order valence-electron chi connectivity index (χ1n) is 4.37. The Morgan fingerprint density at radius 3 is 2.73 bits per heavy atom. The molecule has 0 radical (unpaired) electrons. The van der Waals surface area contributed by atoms with Crippen molar-refractivity contribution < 1.29 is 19.7 Å². The van der Waals surface area contributed by atoms with Crippen LogP contribution in [0.4, 0.5) is 4.79 Å². The number of ether oxygens (including phenoxy) is 1. The number of nitrogens with one attached hydrogen (secondary N) is 1. The van der Waals surface area contributed by atoms with E-state index in [0.717, 1.165) is 0 Å². The number of nitrogens with two attached hydrogens (primary N) is 2. The molecule has 0 bridgehead atoms. The average Bonchev–Trinajstić information content (AvgIpc) is 2.44. The maximum absolute atomic E-state index is 11.0. The van der Waals surface area contributed by atoms with Gasteiger partial charge < -0.3 is 31.7 Å². The van der Waals surface area contributed by atoms with Crippen molar-refractivity contribution in [3.63, 3.8) is 0 Å². The summed E-state index contributed by atoms with van der Waals surface area (Å²) in [4.78, 5) is 14.2. The summed E-state index contributed by atoms with van der Waals surface area (Å²) in [5.41, 5.74) is 9.97. The molecule has 3 unspecified atom stereocenters. The molecule has 3 atom stereocenters. The highest BCUT2D eigenvalue weighted by Gasteiger charge is 2.34. The summed E-state index contributed by atoms with van der Waals surface area (Å²) in [5.74, 6) is -0.357. The van der Waals surface area contributed by atoms with Gasteiger partial charge in [0.15, 0.2) is 5.96 Å². The molecule has 1 saturated heterocycles. The van der Waals surface area contributed by atoms with Crippen molar-refractivity contribution in [2.24, 2.45) is 16.5 Å². The number of aliphatic imine (C=N–C) groups is 1. The van der Waals surface area contributed by atoms with Gasteiger partial charge in [0.25, 0.3) is 0 Å². The summed E-state index contributed by atoms with van der Waals surface area (Å²) >= 11 is 0. The third kappa shape index (κ3) is 3.35. The molecule has 1 rings (SSSR count). The summed E-state index contributed by atoms with van der Waals surface area (Å²) in [7, 11) is 0. The second-order valence-electron chi connectivity index (χ2n) is 3.13. The first-order valence-corrected chi connectivity index (χ1v) is 4.37. The van der Waals surface area contributed by atoms with Crippen LogP contribution in [0.2, 0.25) is 0 Å². The van der Waals surface area contributed by atoms with Gasteiger partial charge in [-0.2, -0.15) is 4.99 Å². The van der Waals surface area contributed by atoms with Crippen molar-refractivity contribution in [1.82, 2.24) is 5.32 Å². The maximum atomic E-state index is 11.0. The van der Waals surface area contributed by atoms with Crippen LogP contribution in [0.5, 0.6) is 0 Å². The fourth-order valence-electron chi connectivity index (χ4n) is 1.27. The molecular weight excluding hydrogens is 204 g/mol. The van der Waals surface area contributed by atoms with Crippen molar-refractivity contribution in [1.29, 1.82) is 0 Å². The second-order valence-corrected chi connectivity index (χ2v) is 3.13. The molecule has 0 aliphatic carbocycles. The van der Waals surface area contributed by atoms with Crippen LogP contribution in [0.15, 0.2) is 4.99 Å². The first-order chi connectivity index (χ1) is 7.02. The third-order valence-corrected chi connectivity index (χ3v) is 1.92. The predicted octanol–water partition coefficient (Wildman–Crippen LogP) is -2.56. The Balaban J connectivity index is 2.42. The molecule has 0 spiro atoms. The normalized spacial score (nSPS) is 29.9. The summed E-state index contributed by atoms with van der Waals surface area (Å²) in [5, 5.41) is 20.4. The van der Waals surface area contributed by atoms with E-state index in [4.69, 9.17) is 21.3 Å². The van der Waals surface area contributed by atoms with E-state index in [1.54, 1.807) is 0 Å². The van der Waals surface area contributed by atoms with Gasteiger partial charge in [0.1, 0.15) is 12.3 Å². The minimum atomic E-state index is -0.806. The molecule has 1 heterocycles. The Labute approximate surface area is 85.9 Å². The van der Waals surface area contributed by atoms with Gasteiger partial charge in [-0.15, -0.1) is 0 Å². The molecule has 0 aromatic carbocycles. The molecule has 0 aromatic rings. The summed E-state index contributed by atoms with van der Waals surface area (Å²) in [6, 6.07) is -0.745. The number of hydrogen-bond donors (Lipinski definition) is 5. The molecule has 1 aliphatic rings. The molecule has 15 heavy (non-hydrogen) atoms. The number of guanidine groups is 1. The van der Waals surface area contributed by atoms with Gasteiger partial charge in [-0.25, -0.2) is 4.79 Å². The van der Waals surface area contributed by atoms with E-state index in [9.17, 15) is 9.90 Å². The van der Waals surface area contributed by atoms with Gasteiger partial charge >= 0.3 is 6.03 Å². The maximum Gasteiger partial charge on any atom is 0.346 e. The zero-order chi connectivity index (χ0) is 11.4. The molecule has 2 amide bonds. The van der Waals surface area contributed by atoms with E-state index >= 15 is 0 Å². The fraction of sp³-hybridized carbons (Fsp3) is 0.714. The zero-order valence-electron chi connectivity index (χ0n) is 7.96. The summed E-state index contributed by atoms with van der Waals surface area (Å²) in [6.45, 7) is -0.310. The monoisotopic (exact) mass is 218 g/mol. The fourth-order valence-corrected chi connectivity index (χ4v) is 1.27. The molecule has 0 saturated carbocycles. The van der Waals surface area contributed by atoms with Crippen LogP contribution >= 0.6 is 0 Å². The second kappa shape index (κ2) is 4.91. The Bertz CT molecular complexity index is 266. The van der Waals surface area contributed by atoms with Crippen LogP contribution in [-0.4, -0.2) is 47.2 Å². The first kappa shape index (κ1) is 11.7. The molecule has 8 heteroatoms. The minimum absolute atomic E-state index is 0.191. The molecule has 1 aliphatic heterocycles. The molecule has 7 N–H and O–H groups in total. The van der Waals surface area contributed by atoms with Gasteiger partial charge in [-0.3, -0.25) is 0 Å². The number of aliphatic hydroxyl groups excluding tert-OH is 2. The highest BCUT2D eigenvalue weighted by molar-refractivity contribution is 5.90. The van der Waals surface area contributed by atoms with Crippen LogP contribution in [0.25, 0.3) is 0 Å². The average molecular weight is 218 g/mol. The van der Waals surface area contributed by atoms with Gasteiger partial charge in [-0.1, -0.05) is 0 Å². The number of aliphatic hydroxyl groups is 2. The smallest absolute Gasteiger partial charge is 0.346 e. The number of amides is 2. The molecule has 8 nitrogen and oxygen atoms in total. The van der Waals surface area contributed by atoms with Crippen molar-refractivity contribution in [3.8, 4) is 0 Å². The van der Waals surface area contributed by atoms with Gasteiger partial charge in [0, 0.05) is 6.42 Å². The Kier molecular flexibility index (Phi) is 3.83. The number of nitrogens with zero attached hydrogens (tertiary/aromatic N) is 1. The van der Waals surface area contributed by atoms with E-state index in [2.05, 4.69) is 10.3 Å². The molecule has 0 aromatic heterocycles. The summed E-state index contributed by atoms with van der Waals surface area (Å²) in [6.07, 6.45) is -1.99. The lowest BCUT2D eigenvalue weighted by Crippen LogP contribution is -2.35. The number of urea groups is 1. The number of carbonyl (C=O) groups is 1. The number of hydrogen-bond acceptors (Lipinski definition) is 4. The standard InChI is InChI=1S/C7H14N4O4/c8-6(9)11-7(14)10-5-1-3(13)4(2-12)15-5/h3-5,12-13H,1-2H2,(H5,8,9,10,11,14). The lowest BCUT2D eigenvalue weighted by molar-refractivity contribution is -0.0270. The van der Waals surface area contributed by atoms with Gasteiger partial charge in [-0.05, 0) is 0 Å². The Morgan fingerprint density at radius 2 is 2.27 bits per heavy atom. The predicted molar refractivity (Wildman–Crippen MR) is 50.7 cm³/mol. The van der Waals surface area contributed by atoms with Crippen LogP contribution in [0, 0.1) is 0 Å². The molecule has 1 fully saturated rings. The molecular formula is C7H14N4O4. The van der Waals surface area contributed by atoms with Gasteiger partial charge in [0.05, 0.1) is 12.7 Å². The van der Waals surface area contributed by atoms with Crippen LogP contribution in [-0.2, 0) is 4.74 Å². The lowest BCUT2D eigenvalue weighted by Gasteiger charge is -2.11. The van der Waals surface area contributed by atoms with E-state index in [-0.39, 0.29) is 19.0 Å². The lowest BCUT2D eigenvalue weighted by atomic mass is 10.2. The highest BCUT2D eigenvalue weighted by atomic mass is 16.5.